The highest BCUT2D eigenvalue weighted by molar-refractivity contribution is 9.10. The molecule has 0 unspecified atom stereocenters. The minimum absolute atomic E-state index is 0.0822. The molecule has 0 heterocycles. The summed E-state index contributed by atoms with van der Waals surface area (Å²) in [5, 5.41) is 12.2. The molecular weight excluding hydrogens is 453 g/mol. The third-order valence-corrected chi connectivity index (χ3v) is 4.92. The first kappa shape index (κ1) is 21.6. The molecule has 7 heteroatoms. The molecule has 5 nitrogen and oxygen atoms in total. The third-order valence-electron chi connectivity index (χ3n) is 4.33. The number of carbonyl (C=O) groups is 1. The summed E-state index contributed by atoms with van der Waals surface area (Å²) in [7, 11) is 0. The van der Waals surface area contributed by atoms with Crippen LogP contribution in [0.15, 0.2) is 65.1 Å². The van der Waals surface area contributed by atoms with Crippen LogP contribution in [-0.4, -0.2) is 17.7 Å². The van der Waals surface area contributed by atoms with Crippen molar-refractivity contribution in [3.63, 3.8) is 0 Å². The number of halogens is 2. The van der Waals surface area contributed by atoms with E-state index >= 15 is 0 Å². The number of hydrogen-bond acceptors (Lipinski definition) is 4. The monoisotopic (exact) mass is 473 g/mol. The van der Waals surface area contributed by atoms with Gasteiger partial charge in [0.15, 0.2) is 11.5 Å². The first-order valence-corrected chi connectivity index (χ1v) is 10.2. The summed E-state index contributed by atoms with van der Waals surface area (Å²) >= 11 is 3.52. The van der Waals surface area contributed by atoms with Crippen LogP contribution in [0, 0.1) is 5.82 Å². The smallest absolute Gasteiger partial charge is 0.335 e. The molecular formula is C23H21BrFNO4. The molecule has 0 atom stereocenters. The topological polar surface area (TPSA) is 67.8 Å². The standard InChI is InChI=1S/C23H21BrFNO4/c1-2-29-21-12-15(13-26-18-9-7-16(8-10-18)23(27)28)11-19(24)22(21)30-14-17-5-3-4-6-20(17)25/h3-12,26H,2,13-14H2,1H3,(H,27,28). The van der Waals surface area contributed by atoms with E-state index in [1.54, 1.807) is 42.5 Å². The molecule has 0 aliphatic carbocycles. The second-order valence-electron chi connectivity index (χ2n) is 6.45. The molecule has 0 spiro atoms. The fourth-order valence-electron chi connectivity index (χ4n) is 2.83. The van der Waals surface area contributed by atoms with Gasteiger partial charge in [0, 0.05) is 17.8 Å². The largest absolute Gasteiger partial charge is 0.490 e. The predicted octanol–water partition coefficient (Wildman–Crippen LogP) is 5.88. The van der Waals surface area contributed by atoms with Gasteiger partial charge >= 0.3 is 5.97 Å². The van der Waals surface area contributed by atoms with E-state index in [1.165, 1.54) is 6.07 Å². The first-order valence-electron chi connectivity index (χ1n) is 9.36. The number of aromatic carboxylic acids is 1. The molecule has 0 fully saturated rings. The van der Waals surface area contributed by atoms with Crippen LogP contribution in [0.4, 0.5) is 10.1 Å². The Kier molecular flexibility index (Phi) is 7.30. The molecule has 3 aromatic carbocycles. The zero-order valence-corrected chi connectivity index (χ0v) is 17.9. The van der Waals surface area contributed by atoms with Crippen molar-refractivity contribution < 1.29 is 23.8 Å². The Morgan fingerprint density at radius 3 is 2.50 bits per heavy atom. The van der Waals surface area contributed by atoms with Crippen molar-refractivity contribution >= 4 is 27.6 Å². The second-order valence-corrected chi connectivity index (χ2v) is 7.31. The summed E-state index contributed by atoms with van der Waals surface area (Å²) in [6, 6.07) is 16.8. The number of benzene rings is 3. The van der Waals surface area contributed by atoms with Gasteiger partial charge in [-0.1, -0.05) is 18.2 Å². The van der Waals surface area contributed by atoms with Crippen molar-refractivity contribution in [2.45, 2.75) is 20.1 Å². The van der Waals surface area contributed by atoms with E-state index in [2.05, 4.69) is 21.2 Å². The minimum Gasteiger partial charge on any atom is -0.490 e. The predicted molar refractivity (Wildman–Crippen MR) is 117 cm³/mol. The van der Waals surface area contributed by atoms with Gasteiger partial charge in [-0.3, -0.25) is 0 Å². The van der Waals surface area contributed by atoms with Crippen LogP contribution in [0.5, 0.6) is 11.5 Å². The molecule has 156 valence electrons. The van der Waals surface area contributed by atoms with Crippen molar-refractivity contribution in [2.24, 2.45) is 0 Å². The quantitative estimate of drug-likeness (QED) is 0.406. The van der Waals surface area contributed by atoms with Crippen LogP contribution in [-0.2, 0) is 13.2 Å². The fraction of sp³-hybridized carbons (Fsp3) is 0.174. The Morgan fingerprint density at radius 2 is 1.83 bits per heavy atom. The maximum Gasteiger partial charge on any atom is 0.335 e. The first-order chi connectivity index (χ1) is 14.5. The zero-order chi connectivity index (χ0) is 21.5. The highest BCUT2D eigenvalue weighted by Crippen LogP contribution is 2.37. The highest BCUT2D eigenvalue weighted by Gasteiger charge is 2.14. The SMILES string of the molecule is CCOc1cc(CNc2ccc(C(=O)O)cc2)cc(Br)c1OCc1ccccc1F. The lowest BCUT2D eigenvalue weighted by molar-refractivity contribution is 0.0697. The van der Waals surface area contributed by atoms with E-state index in [1.807, 2.05) is 19.1 Å². The zero-order valence-electron chi connectivity index (χ0n) is 16.3. The van der Waals surface area contributed by atoms with Gasteiger partial charge in [-0.2, -0.15) is 0 Å². The Morgan fingerprint density at radius 1 is 1.10 bits per heavy atom. The lowest BCUT2D eigenvalue weighted by Crippen LogP contribution is -2.05. The molecule has 0 aliphatic heterocycles. The lowest BCUT2D eigenvalue weighted by Gasteiger charge is -2.16. The van der Waals surface area contributed by atoms with Gasteiger partial charge in [-0.05, 0) is 70.9 Å². The van der Waals surface area contributed by atoms with E-state index in [4.69, 9.17) is 14.6 Å². The fourth-order valence-corrected chi connectivity index (χ4v) is 3.43. The molecule has 0 amide bonds. The van der Waals surface area contributed by atoms with Crippen LogP contribution in [0.1, 0.15) is 28.4 Å². The molecule has 30 heavy (non-hydrogen) atoms. The second kappa shape index (κ2) is 10.1. The number of rotatable bonds is 9. The van der Waals surface area contributed by atoms with Crippen LogP contribution in [0.3, 0.4) is 0 Å². The van der Waals surface area contributed by atoms with E-state index < -0.39 is 5.97 Å². The van der Waals surface area contributed by atoms with E-state index in [0.29, 0.717) is 34.7 Å². The molecule has 3 rings (SSSR count). The summed E-state index contributed by atoms with van der Waals surface area (Å²) in [6.07, 6.45) is 0. The van der Waals surface area contributed by atoms with Gasteiger partial charge in [-0.25, -0.2) is 9.18 Å². The average molecular weight is 474 g/mol. The molecule has 2 N–H and O–H groups in total. The van der Waals surface area contributed by atoms with Crippen molar-refractivity contribution in [1.29, 1.82) is 0 Å². The third kappa shape index (κ3) is 5.51. The Balaban J connectivity index is 1.73. The van der Waals surface area contributed by atoms with Gasteiger partial charge in [-0.15, -0.1) is 0 Å². The maximum atomic E-state index is 13.9. The Labute approximate surface area is 182 Å². The summed E-state index contributed by atoms with van der Waals surface area (Å²) < 4.78 is 26.2. The molecule has 0 radical (unpaired) electrons. The van der Waals surface area contributed by atoms with Gasteiger partial charge in [0.1, 0.15) is 12.4 Å². The van der Waals surface area contributed by atoms with Crippen molar-refractivity contribution in [3.8, 4) is 11.5 Å². The van der Waals surface area contributed by atoms with E-state index in [0.717, 1.165) is 11.3 Å². The summed E-state index contributed by atoms with van der Waals surface area (Å²) in [5.74, 6) is -0.213. The lowest BCUT2D eigenvalue weighted by atomic mass is 10.1. The normalized spacial score (nSPS) is 10.5. The van der Waals surface area contributed by atoms with Crippen LogP contribution < -0.4 is 14.8 Å². The van der Waals surface area contributed by atoms with Gasteiger partial charge in [0.25, 0.3) is 0 Å². The van der Waals surface area contributed by atoms with Crippen molar-refractivity contribution in [2.75, 3.05) is 11.9 Å². The average Bonchev–Trinajstić information content (AvgIpc) is 2.73. The molecule has 0 saturated heterocycles. The van der Waals surface area contributed by atoms with Crippen molar-refractivity contribution in [3.05, 3.63) is 87.6 Å². The number of nitrogens with one attached hydrogen (secondary N) is 1. The Hall–Kier alpha value is -3.06. The summed E-state index contributed by atoms with van der Waals surface area (Å²) in [4.78, 5) is 11.0. The molecule has 0 bridgehead atoms. The minimum atomic E-state index is -0.960. The van der Waals surface area contributed by atoms with E-state index in [9.17, 15) is 9.18 Å². The van der Waals surface area contributed by atoms with Gasteiger partial charge in [0.2, 0.25) is 0 Å². The number of carboxylic acid groups (broad SMARTS) is 1. The molecule has 0 saturated carbocycles. The van der Waals surface area contributed by atoms with E-state index in [-0.39, 0.29) is 18.0 Å². The van der Waals surface area contributed by atoms with Gasteiger partial charge < -0.3 is 19.9 Å². The molecule has 0 aliphatic rings. The number of ether oxygens (including phenoxy) is 2. The maximum absolute atomic E-state index is 13.9. The van der Waals surface area contributed by atoms with Crippen LogP contribution >= 0.6 is 15.9 Å². The number of carboxylic acids is 1. The number of anilines is 1. The number of hydrogen-bond donors (Lipinski definition) is 2. The van der Waals surface area contributed by atoms with Crippen molar-refractivity contribution in [1.82, 2.24) is 0 Å². The van der Waals surface area contributed by atoms with Crippen LogP contribution in [0.2, 0.25) is 0 Å². The Bertz CT molecular complexity index is 1020. The molecule has 3 aromatic rings. The highest BCUT2D eigenvalue weighted by atomic mass is 79.9. The molecule has 0 aromatic heterocycles. The summed E-state index contributed by atoms with van der Waals surface area (Å²) in [6.45, 7) is 2.91. The summed E-state index contributed by atoms with van der Waals surface area (Å²) in [5.41, 5.74) is 2.43. The van der Waals surface area contributed by atoms with Crippen LogP contribution in [0.25, 0.3) is 0 Å². The van der Waals surface area contributed by atoms with Gasteiger partial charge in [0.05, 0.1) is 16.6 Å².